The quantitative estimate of drug-likeness (QED) is 0.810. The van der Waals surface area contributed by atoms with Crippen LogP contribution in [0.25, 0.3) is 0 Å². The summed E-state index contributed by atoms with van der Waals surface area (Å²) in [6.07, 6.45) is 4.39. The largest absolute Gasteiger partial charge is 0.368 e. The first-order chi connectivity index (χ1) is 11.6. The predicted octanol–water partition coefficient (Wildman–Crippen LogP) is 3.70. The second-order valence-corrected chi connectivity index (χ2v) is 6.46. The third kappa shape index (κ3) is 4.19. The third-order valence-electron chi connectivity index (χ3n) is 4.65. The molecule has 0 aliphatic heterocycles. The topological polar surface area (TPSA) is 76.7 Å². The van der Waals surface area contributed by atoms with E-state index < -0.39 is 6.17 Å². The first-order valence-electron chi connectivity index (χ1n) is 8.58. The zero-order valence-corrected chi connectivity index (χ0v) is 14.0. The molecule has 3 rings (SSSR count). The molecule has 24 heavy (non-hydrogen) atoms. The lowest BCUT2D eigenvalue weighted by molar-refractivity contribution is 0.265. The van der Waals surface area contributed by atoms with Crippen molar-refractivity contribution in [2.24, 2.45) is 5.92 Å². The summed E-state index contributed by atoms with van der Waals surface area (Å²) in [6, 6.07) is 10.7. The average molecular weight is 329 g/mol. The minimum Gasteiger partial charge on any atom is -0.368 e. The number of nitrogens with one attached hydrogen (secondary N) is 1. The van der Waals surface area contributed by atoms with E-state index in [2.05, 4.69) is 44.5 Å². The van der Waals surface area contributed by atoms with E-state index in [1.807, 2.05) is 6.07 Å². The van der Waals surface area contributed by atoms with Gasteiger partial charge in [0.2, 0.25) is 11.9 Å². The molecule has 0 amide bonds. The Balaban J connectivity index is 1.70. The van der Waals surface area contributed by atoms with Gasteiger partial charge in [0, 0.05) is 6.04 Å². The zero-order chi connectivity index (χ0) is 16.9. The van der Waals surface area contributed by atoms with Crippen LogP contribution in [0, 0.1) is 5.92 Å². The maximum Gasteiger partial charge on any atom is 0.228 e. The van der Waals surface area contributed by atoms with Crippen molar-refractivity contribution in [3.63, 3.8) is 0 Å². The molecule has 5 nitrogen and oxygen atoms in total. The molecule has 1 heterocycles. The van der Waals surface area contributed by atoms with Crippen molar-refractivity contribution in [1.29, 1.82) is 0 Å². The minimum atomic E-state index is -1.26. The molecule has 1 aromatic heterocycles. The fourth-order valence-corrected chi connectivity index (χ4v) is 3.05. The van der Waals surface area contributed by atoms with Crippen LogP contribution in [0.5, 0.6) is 0 Å². The summed E-state index contributed by atoms with van der Waals surface area (Å²) < 4.78 is 13.5. The normalized spacial score (nSPS) is 17.1. The monoisotopic (exact) mass is 329 g/mol. The molecule has 1 aliphatic rings. The van der Waals surface area contributed by atoms with Crippen molar-refractivity contribution in [2.45, 2.75) is 51.2 Å². The molecule has 0 bridgehead atoms. The first-order valence-corrected chi connectivity index (χ1v) is 8.58. The number of hydrogen-bond acceptors (Lipinski definition) is 5. The van der Waals surface area contributed by atoms with Gasteiger partial charge in [0.15, 0.2) is 12.0 Å². The number of anilines is 2. The van der Waals surface area contributed by atoms with Gasteiger partial charge in [-0.1, -0.05) is 36.8 Å². The van der Waals surface area contributed by atoms with E-state index >= 15 is 0 Å². The maximum absolute atomic E-state index is 13.5. The second-order valence-electron chi connectivity index (χ2n) is 6.46. The minimum absolute atomic E-state index is 0.0578. The summed E-state index contributed by atoms with van der Waals surface area (Å²) >= 11 is 0. The molecule has 128 valence electrons. The molecular formula is C18H24FN5. The summed E-state index contributed by atoms with van der Waals surface area (Å²) in [5.41, 5.74) is 7.01. The lowest BCUT2D eigenvalue weighted by atomic mass is 9.78. The SMILES string of the molecule is CC(F)c1nc(N)nc(N[C@H](CCc2ccccc2)C2CCC2)n1. The van der Waals surface area contributed by atoms with Crippen molar-refractivity contribution < 1.29 is 4.39 Å². The van der Waals surface area contributed by atoms with Gasteiger partial charge in [-0.05, 0) is 44.1 Å². The highest BCUT2D eigenvalue weighted by Gasteiger charge is 2.28. The number of hydrogen-bond donors (Lipinski definition) is 2. The first kappa shape index (κ1) is 16.6. The number of aryl methyl sites for hydroxylation is 1. The van der Waals surface area contributed by atoms with E-state index in [1.165, 1.54) is 31.7 Å². The van der Waals surface area contributed by atoms with Gasteiger partial charge in [-0.15, -0.1) is 0 Å². The number of benzene rings is 1. The molecule has 1 fully saturated rings. The van der Waals surface area contributed by atoms with E-state index in [0.717, 1.165) is 12.8 Å². The van der Waals surface area contributed by atoms with Crippen LogP contribution < -0.4 is 11.1 Å². The number of rotatable bonds is 7. The van der Waals surface area contributed by atoms with Crippen molar-refractivity contribution in [1.82, 2.24) is 15.0 Å². The van der Waals surface area contributed by atoms with Crippen molar-refractivity contribution in [2.75, 3.05) is 11.1 Å². The molecule has 1 unspecified atom stereocenters. The van der Waals surface area contributed by atoms with E-state index in [0.29, 0.717) is 11.9 Å². The number of alkyl halides is 1. The van der Waals surface area contributed by atoms with Gasteiger partial charge < -0.3 is 11.1 Å². The number of aromatic nitrogens is 3. The van der Waals surface area contributed by atoms with Gasteiger partial charge in [0.1, 0.15) is 0 Å². The molecule has 1 saturated carbocycles. The Labute approximate surface area is 141 Å². The molecule has 3 N–H and O–H groups in total. The van der Waals surface area contributed by atoms with Crippen LogP contribution >= 0.6 is 0 Å². The van der Waals surface area contributed by atoms with Crippen LogP contribution in [0.1, 0.15) is 50.2 Å². The van der Waals surface area contributed by atoms with Crippen molar-refractivity contribution >= 4 is 11.9 Å². The van der Waals surface area contributed by atoms with Crippen LogP contribution in [0.2, 0.25) is 0 Å². The van der Waals surface area contributed by atoms with Crippen LogP contribution in [0.15, 0.2) is 30.3 Å². The molecule has 1 aromatic carbocycles. The van der Waals surface area contributed by atoms with E-state index in [4.69, 9.17) is 5.73 Å². The van der Waals surface area contributed by atoms with Crippen LogP contribution in [0.4, 0.5) is 16.3 Å². The molecule has 0 saturated heterocycles. The van der Waals surface area contributed by atoms with Gasteiger partial charge >= 0.3 is 0 Å². The van der Waals surface area contributed by atoms with Crippen LogP contribution in [-0.4, -0.2) is 21.0 Å². The van der Waals surface area contributed by atoms with Crippen molar-refractivity contribution in [3.05, 3.63) is 41.7 Å². The molecule has 6 heteroatoms. The Kier molecular flexibility index (Phi) is 5.23. The number of nitrogen functional groups attached to an aromatic ring is 1. The lowest BCUT2D eigenvalue weighted by Crippen LogP contribution is -2.35. The summed E-state index contributed by atoms with van der Waals surface area (Å²) in [7, 11) is 0. The Morgan fingerprint density at radius 3 is 2.58 bits per heavy atom. The van der Waals surface area contributed by atoms with Crippen LogP contribution in [0.3, 0.4) is 0 Å². The molecular weight excluding hydrogens is 305 g/mol. The standard InChI is InChI=1S/C18H24FN5/c1-12(19)16-22-17(20)24-18(23-16)21-15(14-8-5-9-14)11-10-13-6-3-2-4-7-13/h2-4,6-7,12,14-15H,5,8-11H2,1H3,(H3,20,21,22,23,24)/t12?,15-/m1/s1. The van der Waals surface area contributed by atoms with E-state index in [1.54, 1.807) is 0 Å². The summed E-state index contributed by atoms with van der Waals surface area (Å²) in [5, 5.41) is 3.38. The summed E-state index contributed by atoms with van der Waals surface area (Å²) in [4.78, 5) is 12.2. The molecule has 2 atom stereocenters. The number of halogens is 1. The fraction of sp³-hybridized carbons (Fsp3) is 0.500. The van der Waals surface area contributed by atoms with Gasteiger partial charge in [-0.3, -0.25) is 0 Å². The van der Waals surface area contributed by atoms with Gasteiger partial charge in [0.25, 0.3) is 0 Å². The highest BCUT2D eigenvalue weighted by atomic mass is 19.1. The highest BCUT2D eigenvalue weighted by molar-refractivity contribution is 5.33. The maximum atomic E-state index is 13.5. The van der Waals surface area contributed by atoms with E-state index in [9.17, 15) is 4.39 Å². The van der Waals surface area contributed by atoms with Gasteiger partial charge in [0.05, 0.1) is 0 Å². The summed E-state index contributed by atoms with van der Waals surface area (Å²) in [6.45, 7) is 1.40. The zero-order valence-electron chi connectivity index (χ0n) is 14.0. The third-order valence-corrected chi connectivity index (χ3v) is 4.65. The molecule has 0 radical (unpaired) electrons. The lowest BCUT2D eigenvalue weighted by Gasteiger charge is -2.34. The molecule has 2 aromatic rings. The average Bonchev–Trinajstić information content (AvgIpc) is 2.51. The number of nitrogens with zero attached hydrogens (tertiary/aromatic N) is 3. The molecule has 1 aliphatic carbocycles. The Bertz CT molecular complexity index is 658. The Morgan fingerprint density at radius 1 is 1.21 bits per heavy atom. The fourth-order valence-electron chi connectivity index (χ4n) is 3.05. The van der Waals surface area contributed by atoms with Gasteiger partial charge in [-0.25, -0.2) is 4.39 Å². The second kappa shape index (κ2) is 7.55. The van der Waals surface area contributed by atoms with E-state index in [-0.39, 0.29) is 17.8 Å². The number of nitrogens with two attached hydrogens (primary N) is 1. The predicted molar refractivity (Wildman–Crippen MR) is 93.3 cm³/mol. The Hall–Kier alpha value is -2.24. The Morgan fingerprint density at radius 2 is 1.96 bits per heavy atom. The van der Waals surface area contributed by atoms with Crippen LogP contribution in [-0.2, 0) is 6.42 Å². The van der Waals surface area contributed by atoms with Crippen molar-refractivity contribution in [3.8, 4) is 0 Å². The summed E-state index contributed by atoms with van der Waals surface area (Å²) in [5.74, 6) is 1.13. The van der Waals surface area contributed by atoms with Gasteiger partial charge in [-0.2, -0.15) is 15.0 Å². The smallest absolute Gasteiger partial charge is 0.228 e. The highest BCUT2D eigenvalue weighted by Crippen LogP contribution is 2.33. The molecule has 0 spiro atoms.